The molecule has 1 aliphatic heterocycles. The van der Waals surface area contributed by atoms with E-state index >= 15 is 0 Å². The number of rotatable bonds is 1. The summed E-state index contributed by atoms with van der Waals surface area (Å²) in [6.45, 7) is 1.18. The molecule has 0 bridgehead atoms. The number of aromatic nitrogens is 1. The van der Waals surface area contributed by atoms with Crippen molar-refractivity contribution in [3.63, 3.8) is 0 Å². The van der Waals surface area contributed by atoms with Crippen LogP contribution in [0.4, 0.5) is 0 Å². The smallest absolute Gasteiger partial charge is 0.272 e. The molecule has 1 amide bonds. The summed E-state index contributed by atoms with van der Waals surface area (Å²) in [4.78, 5) is 29.0. The first-order valence-electron chi connectivity index (χ1n) is 5.49. The van der Waals surface area contributed by atoms with Gasteiger partial charge in [-0.05, 0) is 18.6 Å². The second-order valence-electron chi connectivity index (χ2n) is 3.90. The van der Waals surface area contributed by atoms with Gasteiger partial charge in [-0.3, -0.25) is 14.6 Å². The Morgan fingerprint density at radius 3 is 2.88 bits per heavy atom. The molecule has 2 heterocycles. The standard InChI is InChI=1S/C12H14N2O2/c15-10-4-3-8-14(9-6-10)12(16)11-5-1-2-7-13-11/h1-2,5,7H,3-4,6,8-9H2. The Balaban J connectivity index is 2.07. The highest BCUT2D eigenvalue weighted by Crippen LogP contribution is 2.10. The quantitative estimate of drug-likeness (QED) is 0.713. The van der Waals surface area contributed by atoms with Gasteiger partial charge in [-0.1, -0.05) is 6.07 Å². The molecule has 84 valence electrons. The van der Waals surface area contributed by atoms with E-state index in [0.717, 1.165) is 6.42 Å². The third kappa shape index (κ3) is 2.45. The molecule has 0 atom stereocenters. The van der Waals surface area contributed by atoms with Gasteiger partial charge in [0, 0.05) is 32.1 Å². The molecule has 4 heteroatoms. The number of nitrogens with zero attached hydrogens (tertiary/aromatic N) is 2. The van der Waals surface area contributed by atoms with Crippen LogP contribution in [0.2, 0.25) is 0 Å². The van der Waals surface area contributed by atoms with Gasteiger partial charge < -0.3 is 4.90 Å². The molecule has 0 aliphatic carbocycles. The minimum absolute atomic E-state index is 0.0738. The molecule has 0 aromatic carbocycles. The number of pyridine rings is 1. The Labute approximate surface area is 94.3 Å². The predicted octanol–water partition coefficient (Wildman–Crippen LogP) is 1.28. The van der Waals surface area contributed by atoms with Crippen molar-refractivity contribution in [2.24, 2.45) is 0 Å². The minimum Gasteiger partial charge on any atom is -0.337 e. The van der Waals surface area contributed by atoms with Crippen molar-refractivity contribution in [1.82, 2.24) is 9.88 Å². The average molecular weight is 218 g/mol. The Morgan fingerprint density at radius 1 is 1.25 bits per heavy atom. The van der Waals surface area contributed by atoms with Crippen LogP contribution in [0.3, 0.4) is 0 Å². The van der Waals surface area contributed by atoms with E-state index in [1.807, 2.05) is 0 Å². The Kier molecular flexibility index (Phi) is 3.29. The van der Waals surface area contributed by atoms with Gasteiger partial charge in [0.25, 0.3) is 5.91 Å². The third-order valence-corrected chi connectivity index (χ3v) is 2.72. The second-order valence-corrected chi connectivity index (χ2v) is 3.90. The topological polar surface area (TPSA) is 50.3 Å². The van der Waals surface area contributed by atoms with Crippen LogP contribution in [-0.4, -0.2) is 34.7 Å². The average Bonchev–Trinajstić information content (AvgIpc) is 2.54. The molecule has 1 aliphatic rings. The van der Waals surface area contributed by atoms with E-state index in [-0.39, 0.29) is 11.7 Å². The maximum absolute atomic E-state index is 12.0. The van der Waals surface area contributed by atoms with Crippen LogP contribution in [-0.2, 0) is 4.79 Å². The molecular formula is C12H14N2O2. The lowest BCUT2D eigenvalue weighted by atomic mass is 10.2. The summed E-state index contributed by atoms with van der Waals surface area (Å²) in [5.41, 5.74) is 0.455. The number of hydrogen-bond acceptors (Lipinski definition) is 3. The molecule has 0 N–H and O–H groups in total. The van der Waals surface area contributed by atoms with Gasteiger partial charge in [0.1, 0.15) is 11.5 Å². The van der Waals surface area contributed by atoms with Crippen LogP contribution in [0.15, 0.2) is 24.4 Å². The largest absolute Gasteiger partial charge is 0.337 e. The molecule has 0 saturated carbocycles. The number of ketones is 1. The van der Waals surface area contributed by atoms with E-state index in [1.165, 1.54) is 0 Å². The van der Waals surface area contributed by atoms with Gasteiger partial charge in [0.2, 0.25) is 0 Å². The number of likely N-dealkylation sites (tertiary alicyclic amines) is 1. The van der Waals surface area contributed by atoms with Gasteiger partial charge in [-0.15, -0.1) is 0 Å². The third-order valence-electron chi connectivity index (χ3n) is 2.72. The SMILES string of the molecule is O=C1CCCN(C(=O)c2ccccn2)CC1. The normalized spacial score (nSPS) is 17.0. The Morgan fingerprint density at radius 2 is 2.12 bits per heavy atom. The highest BCUT2D eigenvalue weighted by atomic mass is 16.2. The summed E-state index contributed by atoms with van der Waals surface area (Å²) < 4.78 is 0. The molecule has 0 unspecified atom stereocenters. The van der Waals surface area contributed by atoms with Crippen LogP contribution in [0, 0.1) is 0 Å². The van der Waals surface area contributed by atoms with Crippen molar-refractivity contribution in [3.05, 3.63) is 30.1 Å². The lowest BCUT2D eigenvalue weighted by molar-refractivity contribution is -0.118. The van der Waals surface area contributed by atoms with Crippen LogP contribution < -0.4 is 0 Å². The van der Waals surface area contributed by atoms with Crippen molar-refractivity contribution < 1.29 is 9.59 Å². The first kappa shape index (κ1) is 10.8. The molecule has 16 heavy (non-hydrogen) atoms. The minimum atomic E-state index is -0.0738. The molecule has 0 spiro atoms. The van der Waals surface area contributed by atoms with Crippen LogP contribution in [0.25, 0.3) is 0 Å². The lowest BCUT2D eigenvalue weighted by Crippen LogP contribution is -2.32. The van der Waals surface area contributed by atoms with Gasteiger partial charge in [-0.25, -0.2) is 0 Å². The molecule has 1 aromatic heterocycles. The molecule has 2 rings (SSSR count). The second kappa shape index (κ2) is 4.88. The van der Waals surface area contributed by atoms with Crippen molar-refractivity contribution >= 4 is 11.7 Å². The summed E-state index contributed by atoms with van der Waals surface area (Å²) in [7, 11) is 0. The Bertz CT molecular complexity index is 389. The Hall–Kier alpha value is -1.71. The molecule has 1 aromatic rings. The van der Waals surface area contributed by atoms with Gasteiger partial charge in [-0.2, -0.15) is 0 Å². The van der Waals surface area contributed by atoms with E-state index in [9.17, 15) is 9.59 Å². The van der Waals surface area contributed by atoms with E-state index < -0.39 is 0 Å². The molecule has 0 radical (unpaired) electrons. The number of amides is 1. The van der Waals surface area contributed by atoms with Gasteiger partial charge in [0.05, 0.1) is 0 Å². The first-order chi connectivity index (χ1) is 7.77. The molecular weight excluding hydrogens is 204 g/mol. The zero-order valence-corrected chi connectivity index (χ0v) is 9.06. The fourth-order valence-electron chi connectivity index (χ4n) is 1.82. The number of Topliss-reactive ketones (excluding diaryl/α,β-unsaturated/α-hetero) is 1. The first-order valence-corrected chi connectivity index (χ1v) is 5.49. The van der Waals surface area contributed by atoms with Gasteiger partial charge >= 0.3 is 0 Å². The van der Waals surface area contributed by atoms with E-state index in [1.54, 1.807) is 29.3 Å². The van der Waals surface area contributed by atoms with Crippen molar-refractivity contribution in [3.8, 4) is 0 Å². The van der Waals surface area contributed by atoms with Crippen LogP contribution in [0.1, 0.15) is 29.8 Å². The van der Waals surface area contributed by atoms with Gasteiger partial charge in [0.15, 0.2) is 0 Å². The monoisotopic (exact) mass is 218 g/mol. The fourth-order valence-corrected chi connectivity index (χ4v) is 1.82. The summed E-state index contributed by atoms with van der Waals surface area (Å²) in [5.74, 6) is 0.173. The molecule has 1 fully saturated rings. The summed E-state index contributed by atoms with van der Waals surface area (Å²) in [5, 5.41) is 0. The van der Waals surface area contributed by atoms with E-state index in [0.29, 0.717) is 31.6 Å². The van der Waals surface area contributed by atoms with Crippen molar-refractivity contribution in [1.29, 1.82) is 0 Å². The van der Waals surface area contributed by atoms with Crippen LogP contribution in [0.5, 0.6) is 0 Å². The maximum atomic E-state index is 12.0. The summed E-state index contributed by atoms with van der Waals surface area (Å²) in [6.07, 6.45) is 3.43. The molecule has 4 nitrogen and oxygen atoms in total. The van der Waals surface area contributed by atoms with Crippen LogP contribution >= 0.6 is 0 Å². The highest BCUT2D eigenvalue weighted by Gasteiger charge is 2.20. The summed E-state index contributed by atoms with van der Waals surface area (Å²) in [6, 6.07) is 5.28. The molecule has 1 saturated heterocycles. The van der Waals surface area contributed by atoms with E-state index in [2.05, 4.69) is 4.98 Å². The fraction of sp³-hybridized carbons (Fsp3) is 0.417. The lowest BCUT2D eigenvalue weighted by Gasteiger charge is -2.19. The predicted molar refractivity (Wildman–Crippen MR) is 59.0 cm³/mol. The maximum Gasteiger partial charge on any atom is 0.272 e. The highest BCUT2D eigenvalue weighted by molar-refractivity contribution is 5.92. The number of carbonyl (C=O) groups is 2. The zero-order chi connectivity index (χ0) is 11.4. The number of carbonyl (C=O) groups excluding carboxylic acids is 2. The number of hydrogen-bond donors (Lipinski definition) is 0. The van der Waals surface area contributed by atoms with Crippen molar-refractivity contribution in [2.45, 2.75) is 19.3 Å². The summed E-state index contributed by atoms with van der Waals surface area (Å²) >= 11 is 0. The van der Waals surface area contributed by atoms with E-state index in [4.69, 9.17) is 0 Å². The zero-order valence-electron chi connectivity index (χ0n) is 9.06. The van der Waals surface area contributed by atoms with Crippen molar-refractivity contribution in [2.75, 3.05) is 13.1 Å².